The lowest BCUT2D eigenvalue weighted by Gasteiger charge is -2.06. The fraction of sp³-hybridized carbons (Fsp3) is 0.182. The average Bonchev–Trinajstić information content (AvgIpc) is 2.76. The van der Waals surface area contributed by atoms with Crippen molar-refractivity contribution in [2.24, 2.45) is 5.73 Å². The molecule has 6 heteroatoms. The number of alkyl halides is 3. The molecule has 0 aliphatic rings. The minimum Gasteiger partial charge on any atom is -0.326 e. The summed E-state index contributed by atoms with van der Waals surface area (Å²) in [6, 6.07) is 4.95. The molecule has 2 rings (SSSR count). The van der Waals surface area contributed by atoms with Crippen molar-refractivity contribution in [3.8, 4) is 10.6 Å². The number of rotatable bonds is 2. The Labute approximate surface area is 99.9 Å². The first-order chi connectivity index (χ1) is 8.00. The fourth-order valence-electron chi connectivity index (χ4n) is 1.34. The Balaban J connectivity index is 2.29. The largest absolute Gasteiger partial charge is 0.416 e. The first kappa shape index (κ1) is 12.1. The molecule has 1 heterocycles. The summed E-state index contributed by atoms with van der Waals surface area (Å²) in [5, 5.41) is 0.680. The summed E-state index contributed by atoms with van der Waals surface area (Å²) in [7, 11) is 0. The monoisotopic (exact) mass is 258 g/mol. The van der Waals surface area contributed by atoms with Gasteiger partial charge in [-0.05, 0) is 12.1 Å². The van der Waals surface area contributed by atoms with Crippen LogP contribution in [0.15, 0.2) is 30.5 Å². The number of benzene rings is 1. The molecule has 0 aliphatic carbocycles. The molecule has 90 valence electrons. The SMILES string of the molecule is NCc1cnc(-c2ccc(C(F)(F)F)cc2)s1. The van der Waals surface area contributed by atoms with Gasteiger partial charge in [0.05, 0.1) is 5.56 Å². The van der Waals surface area contributed by atoms with E-state index in [1.807, 2.05) is 0 Å². The lowest BCUT2D eigenvalue weighted by Crippen LogP contribution is -2.03. The van der Waals surface area contributed by atoms with Crippen molar-refractivity contribution < 1.29 is 13.2 Å². The Bertz CT molecular complexity index is 502. The van der Waals surface area contributed by atoms with E-state index in [1.54, 1.807) is 6.20 Å². The van der Waals surface area contributed by atoms with Gasteiger partial charge in [0.1, 0.15) is 5.01 Å². The zero-order chi connectivity index (χ0) is 12.5. The number of nitrogens with zero attached hydrogens (tertiary/aromatic N) is 1. The van der Waals surface area contributed by atoms with Crippen LogP contribution in [0, 0.1) is 0 Å². The Morgan fingerprint density at radius 3 is 2.29 bits per heavy atom. The summed E-state index contributed by atoms with van der Waals surface area (Å²) in [5.41, 5.74) is 5.46. The lowest BCUT2D eigenvalue weighted by molar-refractivity contribution is -0.137. The van der Waals surface area contributed by atoms with Crippen LogP contribution in [0.4, 0.5) is 13.2 Å². The highest BCUT2D eigenvalue weighted by molar-refractivity contribution is 7.15. The summed E-state index contributed by atoms with van der Waals surface area (Å²) in [4.78, 5) is 5.01. The van der Waals surface area contributed by atoms with E-state index in [0.717, 1.165) is 17.0 Å². The molecule has 0 unspecified atom stereocenters. The molecule has 2 aromatic rings. The van der Waals surface area contributed by atoms with Gasteiger partial charge < -0.3 is 5.73 Å². The molecule has 0 atom stereocenters. The van der Waals surface area contributed by atoms with Crippen LogP contribution >= 0.6 is 11.3 Å². The number of hydrogen-bond acceptors (Lipinski definition) is 3. The second-order valence-corrected chi connectivity index (χ2v) is 4.53. The van der Waals surface area contributed by atoms with Gasteiger partial charge in [0.25, 0.3) is 0 Å². The highest BCUT2D eigenvalue weighted by Crippen LogP contribution is 2.31. The van der Waals surface area contributed by atoms with Crippen LogP contribution < -0.4 is 5.73 Å². The summed E-state index contributed by atoms with van der Waals surface area (Å²) in [6.45, 7) is 0.387. The van der Waals surface area contributed by atoms with E-state index in [-0.39, 0.29) is 0 Å². The maximum absolute atomic E-state index is 12.4. The van der Waals surface area contributed by atoms with Crippen molar-refractivity contribution >= 4 is 11.3 Å². The van der Waals surface area contributed by atoms with Crippen molar-refractivity contribution in [1.82, 2.24) is 4.98 Å². The predicted octanol–water partition coefficient (Wildman–Crippen LogP) is 3.29. The van der Waals surface area contributed by atoms with Crippen LogP contribution in [-0.4, -0.2) is 4.98 Å². The van der Waals surface area contributed by atoms with E-state index < -0.39 is 11.7 Å². The second kappa shape index (κ2) is 4.46. The van der Waals surface area contributed by atoms with Gasteiger partial charge in [-0.1, -0.05) is 12.1 Å². The van der Waals surface area contributed by atoms with Crippen molar-refractivity contribution in [3.05, 3.63) is 40.9 Å². The van der Waals surface area contributed by atoms with E-state index in [2.05, 4.69) is 4.98 Å². The van der Waals surface area contributed by atoms with Crippen molar-refractivity contribution in [1.29, 1.82) is 0 Å². The molecule has 0 bridgehead atoms. The van der Waals surface area contributed by atoms with Gasteiger partial charge in [-0.25, -0.2) is 4.98 Å². The van der Waals surface area contributed by atoms with E-state index in [0.29, 0.717) is 17.1 Å². The van der Waals surface area contributed by atoms with Crippen LogP contribution in [0.5, 0.6) is 0 Å². The van der Waals surface area contributed by atoms with E-state index in [9.17, 15) is 13.2 Å². The molecule has 0 saturated heterocycles. The number of aromatic nitrogens is 1. The third-order valence-electron chi connectivity index (χ3n) is 2.21. The van der Waals surface area contributed by atoms with E-state index in [1.165, 1.54) is 23.5 Å². The van der Waals surface area contributed by atoms with Gasteiger partial charge in [-0.15, -0.1) is 11.3 Å². The van der Waals surface area contributed by atoms with E-state index in [4.69, 9.17) is 5.73 Å². The fourth-order valence-corrected chi connectivity index (χ4v) is 2.13. The standard InChI is InChI=1S/C11H9F3N2S/c12-11(13,14)8-3-1-7(2-4-8)10-16-6-9(5-15)17-10/h1-4,6H,5,15H2. The lowest BCUT2D eigenvalue weighted by atomic mass is 10.1. The molecule has 0 saturated carbocycles. The number of hydrogen-bond donors (Lipinski definition) is 1. The first-order valence-corrected chi connectivity index (χ1v) is 5.65. The van der Waals surface area contributed by atoms with Gasteiger partial charge in [-0.2, -0.15) is 13.2 Å². The smallest absolute Gasteiger partial charge is 0.326 e. The predicted molar refractivity (Wildman–Crippen MR) is 60.4 cm³/mol. The molecule has 0 amide bonds. The van der Waals surface area contributed by atoms with Gasteiger partial charge >= 0.3 is 6.18 Å². The van der Waals surface area contributed by atoms with Gasteiger partial charge in [0.2, 0.25) is 0 Å². The van der Waals surface area contributed by atoms with Crippen LogP contribution in [-0.2, 0) is 12.7 Å². The van der Waals surface area contributed by atoms with Crippen molar-refractivity contribution in [3.63, 3.8) is 0 Å². The molecule has 1 aromatic carbocycles. The third kappa shape index (κ3) is 2.65. The molecule has 0 radical (unpaired) electrons. The zero-order valence-corrected chi connectivity index (χ0v) is 9.48. The molecule has 1 aromatic heterocycles. The zero-order valence-electron chi connectivity index (χ0n) is 8.66. The van der Waals surface area contributed by atoms with Crippen LogP contribution in [0.25, 0.3) is 10.6 Å². The topological polar surface area (TPSA) is 38.9 Å². The normalized spacial score (nSPS) is 11.8. The Hall–Kier alpha value is -1.40. The van der Waals surface area contributed by atoms with Gasteiger partial charge in [0, 0.05) is 23.2 Å². The molecule has 2 nitrogen and oxygen atoms in total. The van der Waals surface area contributed by atoms with Crippen LogP contribution in [0.2, 0.25) is 0 Å². The van der Waals surface area contributed by atoms with Gasteiger partial charge in [0.15, 0.2) is 0 Å². The maximum Gasteiger partial charge on any atom is 0.416 e. The Morgan fingerprint density at radius 1 is 1.18 bits per heavy atom. The molecule has 0 fully saturated rings. The van der Waals surface area contributed by atoms with Crippen molar-refractivity contribution in [2.75, 3.05) is 0 Å². The highest BCUT2D eigenvalue weighted by atomic mass is 32.1. The van der Waals surface area contributed by atoms with Crippen LogP contribution in [0.1, 0.15) is 10.4 Å². The second-order valence-electron chi connectivity index (χ2n) is 3.41. The number of nitrogens with two attached hydrogens (primary N) is 1. The summed E-state index contributed by atoms with van der Waals surface area (Å²) in [5.74, 6) is 0. The number of thiazole rings is 1. The summed E-state index contributed by atoms with van der Waals surface area (Å²) >= 11 is 1.38. The molecule has 17 heavy (non-hydrogen) atoms. The molecule has 0 aliphatic heterocycles. The Kier molecular flexibility index (Phi) is 3.17. The molecule has 0 spiro atoms. The summed E-state index contributed by atoms with van der Waals surface area (Å²) in [6.07, 6.45) is -2.67. The van der Waals surface area contributed by atoms with E-state index >= 15 is 0 Å². The molecular formula is C11H9F3N2S. The van der Waals surface area contributed by atoms with Crippen molar-refractivity contribution in [2.45, 2.75) is 12.7 Å². The number of halogens is 3. The van der Waals surface area contributed by atoms with Crippen LogP contribution in [0.3, 0.4) is 0 Å². The average molecular weight is 258 g/mol. The Morgan fingerprint density at radius 2 is 1.82 bits per heavy atom. The maximum atomic E-state index is 12.4. The molecule has 2 N–H and O–H groups in total. The molecular weight excluding hydrogens is 249 g/mol. The third-order valence-corrected chi connectivity index (χ3v) is 3.28. The van der Waals surface area contributed by atoms with Gasteiger partial charge in [-0.3, -0.25) is 0 Å². The minimum absolute atomic E-state index is 0.387. The quantitative estimate of drug-likeness (QED) is 0.897. The first-order valence-electron chi connectivity index (χ1n) is 4.83. The summed E-state index contributed by atoms with van der Waals surface area (Å²) < 4.78 is 37.1. The minimum atomic E-state index is -4.30. The highest BCUT2D eigenvalue weighted by Gasteiger charge is 2.30.